The first-order chi connectivity index (χ1) is 10.3. The molecular formula is C17H19N3O. The highest BCUT2D eigenvalue weighted by Gasteiger charge is 2.25. The number of hydrogen-bond donors (Lipinski definition) is 2. The first-order valence-corrected chi connectivity index (χ1v) is 7.33. The molecule has 0 radical (unpaired) electrons. The Kier molecular flexibility index (Phi) is 4.05. The van der Waals surface area contributed by atoms with Crippen LogP contribution in [0.5, 0.6) is 5.75 Å². The lowest BCUT2D eigenvalue weighted by atomic mass is 9.94. The molecule has 1 fully saturated rings. The molecule has 0 unspecified atom stereocenters. The summed E-state index contributed by atoms with van der Waals surface area (Å²) in [5, 5.41) is 25.1. The largest absolute Gasteiger partial charge is 0.508 e. The summed E-state index contributed by atoms with van der Waals surface area (Å²) in [6.07, 6.45) is 0.390. The molecule has 21 heavy (non-hydrogen) atoms. The highest BCUT2D eigenvalue weighted by atomic mass is 16.3. The summed E-state index contributed by atoms with van der Waals surface area (Å²) in [5.41, 5.74) is 0.886. The van der Waals surface area contributed by atoms with Gasteiger partial charge in [0.1, 0.15) is 5.75 Å². The van der Waals surface area contributed by atoms with Crippen LogP contribution in [0, 0.1) is 11.3 Å². The van der Waals surface area contributed by atoms with Crippen molar-refractivity contribution in [3.63, 3.8) is 0 Å². The first-order valence-electron chi connectivity index (χ1n) is 7.33. The molecule has 4 heteroatoms. The zero-order valence-electron chi connectivity index (χ0n) is 11.9. The van der Waals surface area contributed by atoms with Crippen LogP contribution < -0.4 is 5.32 Å². The monoisotopic (exact) mass is 281 g/mol. The van der Waals surface area contributed by atoms with Crippen molar-refractivity contribution in [1.29, 1.82) is 5.26 Å². The smallest absolute Gasteiger partial charge is 0.121 e. The second-order valence-corrected chi connectivity index (χ2v) is 5.38. The molecule has 2 N–H and O–H groups in total. The number of nitrogens with one attached hydrogen (secondary N) is 1. The van der Waals surface area contributed by atoms with Crippen molar-refractivity contribution in [2.24, 2.45) is 0 Å². The van der Waals surface area contributed by atoms with E-state index in [1.165, 1.54) is 0 Å². The van der Waals surface area contributed by atoms with Gasteiger partial charge in [-0.25, -0.2) is 0 Å². The maximum absolute atomic E-state index is 10.4. The summed E-state index contributed by atoms with van der Waals surface area (Å²) in [6, 6.07) is 13.9. The standard InChI is InChI=1S/C17H19N3O/c18-8-7-15(20-11-9-19-10-12-20)17-14-4-2-1-3-13(14)5-6-16(17)21/h1-6,15,19,21H,7,9-12H2/t15-/m0/s1. The third kappa shape index (κ3) is 2.71. The van der Waals surface area contributed by atoms with E-state index in [1.54, 1.807) is 6.07 Å². The Hall–Kier alpha value is -2.09. The predicted octanol–water partition coefficient (Wildman–Crippen LogP) is 2.41. The van der Waals surface area contributed by atoms with E-state index in [1.807, 2.05) is 30.3 Å². The minimum Gasteiger partial charge on any atom is -0.508 e. The number of piperazine rings is 1. The highest BCUT2D eigenvalue weighted by Crippen LogP contribution is 2.37. The highest BCUT2D eigenvalue weighted by molar-refractivity contribution is 5.88. The van der Waals surface area contributed by atoms with Crippen LogP contribution >= 0.6 is 0 Å². The van der Waals surface area contributed by atoms with Gasteiger partial charge in [0.15, 0.2) is 0 Å². The molecule has 0 aromatic heterocycles. The number of nitrogens with zero attached hydrogens (tertiary/aromatic N) is 2. The van der Waals surface area contributed by atoms with Crippen molar-refractivity contribution in [3.05, 3.63) is 42.0 Å². The van der Waals surface area contributed by atoms with Crippen LogP contribution in [0.3, 0.4) is 0 Å². The molecule has 1 saturated heterocycles. The summed E-state index contributed by atoms with van der Waals surface area (Å²) < 4.78 is 0. The fourth-order valence-electron chi connectivity index (χ4n) is 3.13. The Balaban J connectivity index is 2.10. The van der Waals surface area contributed by atoms with Crippen LogP contribution in [0.25, 0.3) is 10.8 Å². The Morgan fingerprint density at radius 2 is 1.95 bits per heavy atom. The molecule has 108 valence electrons. The van der Waals surface area contributed by atoms with Crippen molar-refractivity contribution in [3.8, 4) is 11.8 Å². The minimum atomic E-state index is -0.0526. The number of aromatic hydroxyl groups is 1. The molecule has 1 aliphatic rings. The molecule has 0 bridgehead atoms. The number of phenols is 1. The van der Waals surface area contributed by atoms with Gasteiger partial charge in [-0.1, -0.05) is 30.3 Å². The normalized spacial score (nSPS) is 17.5. The van der Waals surface area contributed by atoms with E-state index in [0.717, 1.165) is 42.5 Å². The van der Waals surface area contributed by atoms with Crippen LogP contribution in [0.2, 0.25) is 0 Å². The van der Waals surface area contributed by atoms with E-state index in [0.29, 0.717) is 6.42 Å². The van der Waals surface area contributed by atoms with E-state index in [9.17, 15) is 10.4 Å². The van der Waals surface area contributed by atoms with Gasteiger partial charge in [0.2, 0.25) is 0 Å². The topological polar surface area (TPSA) is 59.3 Å². The maximum Gasteiger partial charge on any atom is 0.121 e. The maximum atomic E-state index is 10.4. The lowest BCUT2D eigenvalue weighted by molar-refractivity contribution is 0.174. The van der Waals surface area contributed by atoms with Crippen LogP contribution in [0.4, 0.5) is 0 Å². The molecule has 1 atom stereocenters. The predicted molar refractivity (Wildman–Crippen MR) is 83.0 cm³/mol. The van der Waals surface area contributed by atoms with Gasteiger partial charge >= 0.3 is 0 Å². The third-order valence-corrected chi connectivity index (χ3v) is 4.16. The van der Waals surface area contributed by atoms with Gasteiger partial charge in [-0.2, -0.15) is 5.26 Å². The van der Waals surface area contributed by atoms with E-state index in [-0.39, 0.29) is 11.8 Å². The number of fused-ring (bicyclic) bond motifs is 1. The van der Waals surface area contributed by atoms with E-state index >= 15 is 0 Å². The fourth-order valence-corrected chi connectivity index (χ4v) is 3.13. The lowest BCUT2D eigenvalue weighted by Gasteiger charge is -2.34. The Morgan fingerprint density at radius 1 is 1.19 bits per heavy atom. The summed E-state index contributed by atoms with van der Waals surface area (Å²) in [7, 11) is 0. The van der Waals surface area contributed by atoms with Crippen molar-refractivity contribution in [2.75, 3.05) is 26.2 Å². The van der Waals surface area contributed by atoms with E-state index in [4.69, 9.17) is 0 Å². The van der Waals surface area contributed by atoms with E-state index < -0.39 is 0 Å². The number of benzene rings is 2. The number of hydrogen-bond acceptors (Lipinski definition) is 4. The van der Waals surface area contributed by atoms with Crippen molar-refractivity contribution < 1.29 is 5.11 Å². The minimum absolute atomic E-state index is 0.0526. The second-order valence-electron chi connectivity index (χ2n) is 5.38. The molecule has 0 aliphatic carbocycles. The van der Waals surface area contributed by atoms with Gasteiger partial charge in [-0.3, -0.25) is 4.90 Å². The Bertz CT molecular complexity index is 671. The van der Waals surface area contributed by atoms with Gasteiger partial charge in [0, 0.05) is 31.7 Å². The molecular weight excluding hydrogens is 262 g/mol. The van der Waals surface area contributed by atoms with E-state index in [2.05, 4.69) is 16.3 Å². The van der Waals surface area contributed by atoms with Crippen molar-refractivity contribution >= 4 is 10.8 Å². The van der Waals surface area contributed by atoms with Gasteiger partial charge in [0.25, 0.3) is 0 Å². The van der Waals surface area contributed by atoms with Gasteiger partial charge in [-0.15, -0.1) is 0 Å². The number of nitriles is 1. The zero-order valence-corrected chi connectivity index (χ0v) is 11.9. The summed E-state index contributed by atoms with van der Waals surface area (Å²) in [4.78, 5) is 2.29. The van der Waals surface area contributed by atoms with Crippen LogP contribution in [-0.4, -0.2) is 36.2 Å². The van der Waals surface area contributed by atoms with Crippen molar-refractivity contribution in [1.82, 2.24) is 10.2 Å². The van der Waals surface area contributed by atoms with Gasteiger partial charge in [-0.05, 0) is 16.8 Å². The molecule has 0 spiro atoms. The summed E-state index contributed by atoms with van der Waals surface area (Å²) in [5.74, 6) is 0.285. The van der Waals surface area contributed by atoms with Crippen LogP contribution in [-0.2, 0) is 0 Å². The third-order valence-electron chi connectivity index (χ3n) is 4.16. The molecule has 2 aromatic rings. The molecule has 1 aliphatic heterocycles. The number of phenolic OH excluding ortho intramolecular Hbond substituents is 1. The van der Waals surface area contributed by atoms with Gasteiger partial charge in [0.05, 0.1) is 18.5 Å². The molecule has 1 heterocycles. The molecule has 0 amide bonds. The van der Waals surface area contributed by atoms with Crippen molar-refractivity contribution in [2.45, 2.75) is 12.5 Å². The molecule has 0 saturated carbocycles. The van der Waals surface area contributed by atoms with Crippen LogP contribution in [0.15, 0.2) is 36.4 Å². The summed E-state index contributed by atoms with van der Waals surface area (Å²) >= 11 is 0. The lowest BCUT2D eigenvalue weighted by Crippen LogP contribution is -2.45. The quantitative estimate of drug-likeness (QED) is 0.907. The Morgan fingerprint density at radius 3 is 2.71 bits per heavy atom. The van der Waals surface area contributed by atoms with Crippen LogP contribution in [0.1, 0.15) is 18.0 Å². The number of rotatable bonds is 3. The average molecular weight is 281 g/mol. The second kappa shape index (κ2) is 6.13. The summed E-state index contributed by atoms with van der Waals surface area (Å²) in [6.45, 7) is 3.64. The zero-order chi connectivity index (χ0) is 14.7. The fraction of sp³-hybridized carbons (Fsp3) is 0.353. The molecule has 2 aromatic carbocycles. The first kappa shape index (κ1) is 13.9. The SMILES string of the molecule is N#CC[C@@H](c1c(O)ccc2ccccc12)N1CCNCC1. The molecule has 3 rings (SSSR count). The van der Waals surface area contributed by atoms with Gasteiger partial charge < -0.3 is 10.4 Å². The molecule has 4 nitrogen and oxygen atoms in total. The Labute approximate surface area is 124 Å². The average Bonchev–Trinajstić information content (AvgIpc) is 2.54.